The third-order valence-corrected chi connectivity index (χ3v) is 0.758. The second-order valence-corrected chi connectivity index (χ2v) is 2.92. The molecular formula is CH5N2NaO8S2. The Balaban J connectivity index is -0.000000117. The molecule has 13 heteroatoms. The molecule has 0 fully saturated rings. The van der Waals surface area contributed by atoms with Gasteiger partial charge in [0.25, 0.3) is 0 Å². The van der Waals surface area contributed by atoms with Gasteiger partial charge in [0.1, 0.15) is 0 Å². The first kappa shape index (κ1) is 23.8. The minimum absolute atomic E-state index is 0. The van der Waals surface area contributed by atoms with Crippen LogP contribution in [0.25, 0.3) is 0 Å². The van der Waals surface area contributed by atoms with Crippen LogP contribution in [0.1, 0.15) is 0 Å². The fourth-order valence-corrected chi connectivity index (χ4v) is 0.622. The van der Waals surface area contributed by atoms with Crippen LogP contribution in [0, 0.1) is 11.8 Å². The van der Waals surface area contributed by atoms with Crippen molar-refractivity contribution in [3.8, 4) is 0 Å². The van der Waals surface area contributed by atoms with Crippen molar-refractivity contribution in [1.29, 1.82) is 5.26 Å². The SMILES string of the molecule is O=S(=O)([O-])OOS(=O)(=O)O.[C-]#N.[NH4+].[Na+]. The van der Waals surface area contributed by atoms with Gasteiger partial charge in [-0.25, -0.2) is 8.42 Å². The average Bonchev–Trinajstić information content (AvgIpc) is 1.86. The van der Waals surface area contributed by atoms with Crippen molar-refractivity contribution in [2.24, 2.45) is 0 Å². The molecule has 0 aromatic heterocycles. The Morgan fingerprint density at radius 2 is 1.43 bits per heavy atom. The molecule has 80 valence electrons. The van der Waals surface area contributed by atoms with Crippen LogP contribution in [-0.2, 0) is 29.5 Å². The molecule has 0 spiro atoms. The number of hydrogen-bond acceptors (Lipinski definition) is 8. The molecule has 0 saturated carbocycles. The fourth-order valence-electron chi connectivity index (χ4n) is 0.0691. The molecule has 0 radical (unpaired) electrons. The van der Waals surface area contributed by atoms with Crippen LogP contribution < -0.4 is 35.7 Å². The average molecular weight is 260 g/mol. The van der Waals surface area contributed by atoms with Crippen LogP contribution in [0.2, 0.25) is 0 Å². The van der Waals surface area contributed by atoms with Gasteiger partial charge in [0.05, 0.1) is 0 Å². The van der Waals surface area contributed by atoms with E-state index in [1.165, 1.54) is 0 Å². The quantitative estimate of drug-likeness (QED) is 0.126. The van der Waals surface area contributed by atoms with Crippen LogP contribution in [0.15, 0.2) is 0 Å². The van der Waals surface area contributed by atoms with Crippen molar-refractivity contribution in [3.63, 3.8) is 0 Å². The van der Waals surface area contributed by atoms with Crippen LogP contribution in [0.5, 0.6) is 0 Å². The zero-order valence-corrected chi connectivity index (χ0v) is 10.7. The van der Waals surface area contributed by atoms with Crippen LogP contribution in [0.3, 0.4) is 0 Å². The predicted octanol–water partition coefficient (Wildman–Crippen LogP) is -4.33. The van der Waals surface area contributed by atoms with Gasteiger partial charge in [-0.2, -0.15) is 8.42 Å². The van der Waals surface area contributed by atoms with E-state index in [0.717, 1.165) is 0 Å². The maximum Gasteiger partial charge on any atom is 1.00 e. The van der Waals surface area contributed by atoms with E-state index >= 15 is 0 Å². The topological polar surface area (TPSA) is 190 Å². The second-order valence-electron chi connectivity index (χ2n) is 0.972. The van der Waals surface area contributed by atoms with E-state index in [9.17, 15) is 21.4 Å². The normalized spacial score (nSPS) is 9.71. The Morgan fingerprint density at radius 1 is 1.14 bits per heavy atom. The Hall–Kier alpha value is 0.190. The third kappa shape index (κ3) is 29.5. The number of quaternary nitrogens is 1. The van der Waals surface area contributed by atoms with Crippen molar-refractivity contribution >= 4 is 20.8 Å². The molecule has 0 saturated heterocycles. The summed E-state index contributed by atoms with van der Waals surface area (Å²) in [7, 11) is -10.3. The number of nitrogens with zero attached hydrogens (tertiary/aromatic N) is 1. The zero-order chi connectivity index (χ0) is 10.4. The smallest absolute Gasteiger partial charge is 0.724 e. The van der Waals surface area contributed by atoms with Gasteiger partial charge >= 0.3 is 40.0 Å². The summed E-state index contributed by atoms with van der Waals surface area (Å²) < 4.78 is 60.2. The summed E-state index contributed by atoms with van der Waals surface area (Å²) >= 11 is 0. The Kier molecular flexibility index (Phi) is 16.5. The summed E-state index contributed by atoms with van der Waals surface area (Å²) in [6, 6.07) is 0. The van der Waals surface area contributed by atoms with E-state index in [0.29, 0.717) is 0 Å². The van der Waals surface area contributed by atoms with E-state index in [4.69, 9.17) is 16.4 Å². The summed E-state index contributed by atoms with van der Waals surface area (Å²) in [5.74, 6) is 0. The first-order valence-corrected chi connectivity index (χ1v) is 4.44. The van der Waals surface area contributed by atoms with Crippen LogP contribution in [0.4, 0.5) is 0 Å². The second kappa shape index (κ2) is 9.73. The van der Waals surface area contributed by atoms with Gasteiger partial charge < -0.3 is 22.5 Å². The van der Waals surface area contributed by atoms with Gasteiger partial charge in [-0.15, -0.1) is 0 Å². The largest absolute Gasteiger partial charge is 1.00 e. The van der Waals surface area contributed by atoms with Gasteiger partial charge in [-0.05, 0) is 0 Å². The molecular weight excluding hydrogens is 255 g/mol. The standard InChI is InChI=1S/CN.H3N.Na.H2O8S2/c1-2;;;1-9(2,3)7-8-10(4,5)6/h;1H3;;(H,1,2,3)(H,4,5,6)/q-1;;+1;. The Labute approximate surface area is 103 Å². The van der Waals surface area contributed by atoms with E-state index in [2.05, 4.69) is 8.67 Å². The zero-order valence-electron chi connectivity index (χ0n) is 7.07. The molecule has 14 heavy (non-hydrogen) atoms. The van der Waals surface area contributed by atoms with E-state index in [1.807, 2.05) is 0 Å². The molecule has 0 aromatic rings. The molecule has 0 heterocycles. The number of hydrogen-bond donors (Lipinski definition) is 2. The van der Waals surface area contributed by atoms with Crippen LogP contribution >= 0.6 is 0 Å². The summed E-state index contributed by atoms with van der Waals surface area (Å²) in [4.78, 5) is 0. The fraction of sp³-hybridized carbons (Fsp3) is 0. The summed E-state index contributed by atoms with van der Waals surface area (Å²) in [6.45, 7) is 4.75. The van der Waals surface area contributed by atoms with Gasteiger partial charge in [-0.3, -0.25) is 4.55 Å². The molecule has 0 atom stereocenters. The molecule has 0 unspecified atom stereocenters. The van der Waals surface area contributed by atoms with Gasteiger partial charge in [0.2, 0.25) is 10.4 Å². The molecule has 10 nitrogen and oxygen atoms in total. The minimum atomic E-state index is -5.27. The van der Waals surface area contributed by atoms with Gasteiger partial charge in [0, 0.05) is 0 Å². The maximum atomic E-state index is 9.48. The first-order valence-electron chi connectivity index (χ1n) is 1.74. The molecule has 0 rings (SSSR count). The summed E-state index contributed by atoms with van der Waals surface area (Å²) in [5, 5.41) is 6.25. The third-order valence-electron chi connectivity index (χ3n) is 0.197. The monoisotopic (exact) mass is 260 g/mol. The molecule has 0 aromatic carbocycles. The molecule has 0 bridgehead atoms. The van der Waals surface area contributed by atoms with Crippen LogP contribution in [-0.4, -0.2) is 25.9 Å². The van der Waals surface area contributed by atoms with Crippen molar-refractivity contribution in [2.45, 2.75) is 0 Å². The van der Waals surface area contributed by atoms with E-state index in [1.54, 1.807) is 0 Å². The van der Waals surface area contributed by atoms with Gasteiger partial charge in [0.15, 0.2) is 0 Å². The van der Waals surface area contributed by atoms with Gasteiger partial charge in [-0.1, -0.05) is 8.67 Å². The molecule has 5 N–H and O–H groups in total. The van der Waals surface area contributed by atoms with Crippen molar-refractivity contribution in [1.82, 2.24) is 6.15 Å². The van der Waals surface area contributed by atoms with Crippen molar-refractivity contribution < 1.29 is 64.2 Å². The molecule has 0 amide bonds. The Morgan fingerprint density at radius 3 is 1.50 bits per heavy atom. The van der Waals surface area contributed by atoms with Crippen molar-refractivity contribution in [2.75, 3.05) is 0 Å². The van der Waals surface area contributed by atoms with E-state index in [-0.39, 0.29) is 35.7 Å². The van der Waals surface area contributed by atoms with Crippen molar-refractivity contribution in [3.05, 3.63) is 6.57 Å². The summed E-state index contributed by atoms with van der Waals surface area (Å²) in [6.07, 6.45) is 0. The molecule has 0 aliphatic heterocycles. The maximum absolute atomic E-state index is 9.48. The summed E-state index contributed by atoms with van der Waals surface area (Å²) in [5.41, 5.74) is 0. The predicted molar refractivity (Wildman–Crippen MR) is 34.4 cm³/mol. The molecule has 0 aliphatic carbocycles. The Bertz CT molecular complexity index is 296. The van der Waals surface area contributed by atoms with E-state index < -0.39 is 20.8 Å². The first-order chi connectivity index (χ1) is 5.21. The molecule has 0 aliphatic rings. The number of rotatable bonds is 3. The minimum Gasteiger partial charge on any atom is -0.724 e.